The second kappa shape index (κ2) is 6.47. The lowest BCUT2D eigenvalue weighted by atomic mass is 10.1. The highest BCUT2D eigenvalue weighted by molar-refractivity contribution is 6.04. The Kier molecular flexibility index (Phi) is 4.00. The smallest absolute Gasteiger partial charge is 0.360 e. The van der Waals surface area contributed by atoms with E-state index in [-0.39, 0.29) is 12.3 Å². The SMILES string of the molecule is CCOC(=O)c1nc2cnccn2c1Nc1ccc2c(c1)CC/C2=N\O. The summed E-state index contributed by atoms with van der Waals surface area (Å²) in [5.41, 5.74) is 4.31. The molecular weight excluding hydrogens is 334 g/mol. The summed E-state index contributed by atoms with van der Waals surface area (Å²) in [6.45, 7) is 2.02. The number of ether oxygens (including phenoxy) is 1. The zero-order valence-corrected chi connectivity index (χ0v) is 14.1. The summed E-state index contributed by atoms with van der Waals surface area (Å²) in [4.78, 5) is 20.7. The molecule has 1 aromatic carbocycles. The van der Waals surface area contributed by atoms with E-state index in [1.54, 1.807) is 29.9 Å². The Morgan fingerprint density at radius 1 is 1.42 bits per heavy atom. The fourth-order valence-electron chi connectivity index (χ4n) is 3.16. The van der Waals surface area contributed by atoms with Gasteiger partial charge in [0.2, 0.25) is 0 Å². The normalized spacial score (nSPS) is 14.6. The summed E-state index contributed by atoms with van der Waals surface area (Å²) >= 11 is 0. The monoisotopic (exact) mass is 351 g/mol. The van der Waals surface area contributed by atoms with Crippen LogP contribution in [0.15, 0.2) is 41.9 Å². The number of hydrogen-bond acceptors (Lipinski definition) is 7. The number of nitrogens with one attached hydrogen (secondary N) is 1. The highest BCUT2D eigenvalue weighted by Crippen LogP contribution is 2.29. The van der Waals surface area contributed by atoms with Crippen LogP contribution in [0.5, 0.6) is 0 Å². The Hall–Kier alpha value is -3.42. The third-order valence-electron chi connectivity index (χ3n) is 4.33. The van der Waals surface area contributed by atoms with Crippen molar-refractivity contribution in [3.05, 3.63) is 53.6 Å². The maximum Gasteiger partial charge on any atom is 0.360 e. The van der Waals surface area contributed by atoms with Crippen molar-refractivity contribution in [2.24, 2.45) is 5.16 Å². The lowest BCUT2D eigenvalue weighted by molar-refractivity contribution is 0.0521. The highest BCUT2D eigenvalue weighted by atomic mass is 16.5. The molecule has 0 spiro atoms. The number of rotatable bonds is 4. The Morgan fingerprint density at radius 2 is 2.31 bits per heavy atom. The predicted octanol–water partition coefficient (Wildman–Crippen LogP) is 2.77. The number of aromatic nitrogens is 3. The molecule has 1 aliphatic carbocycles. The number of anilines is 2. The van der Waals surface area contributed by atoms with Crippen molar-refractivity contribution in [1.82, 2.24) is 14.4 Å². The minimum atomic E-state index is -0.491. The van der Waals surface area contributed by atoms with Gasteiger partial charge < -0.3 is 15.3 Å². The summed E-state index contributed by atoms with van der Waals surface area (Å²) in [5.74, 6) is 0.0319. The van der Waals surface area contributed by atoms with Crippen molar-refractivity contribution in [2.75, 3.05) is 11.9 Å². The van der Waals surface area contributed by atoms with E-state index in [2.05, 4.69) is 20.4 Å². The van der Waals surface area contributed by atoms with Gasteiger partial charge in [-0.1, -0.05) is 11.2 Å². The van der Waals surface area contributed by atoms with E-state index < -0.39 is 5.97 Å². The van der Waals surface area contributed by atoms with Crippen LogP contribution in [-0.4, -0.2) is 37.9 Å². The summed E-state index contributed by atoms with van der Waals surface area (Å²) in [6.07, 6.45) is 6.47. The topological polar surface area (TPSA) is 101 Å². The molecule has 0 radical (unpaired) electrons. The molecular formula is C18H17N5O3. The first-order valence-electron chi connectivity index (χ1n) is 8.31. The van der Waals surface area contributed by atoms with Gasteiger partial charge in [0.1, 0.15) is 5.82 Å². The van der Waals surface area contributed by atoms with Gasteiger partial charge in [0.25, 0.3) is 0 Å². The minimum Gasteiger partial charge on any atom is -0.461 e. The molecule has 0 amide bonds. The molecule has 0 unspecified atom stereocenters. The van der Waals surface area contributed by atoms with Gasteiger partial charge in [0.05, 0.1) is 18.5 Å². The average Bonchev–Trinajstić information content (AvgIpc) is 3.23. The number of esters is 1. The summed E-state index contributed by atoms with van der Waals surface area (Å²) < 4.78 is 6.88. The van der Waals surface area contributed by atoms with E-state index in [0.29, 0.717) is 23.6 Å². The number of oxime groups is 1. The van der Waals surface area contributed by atoms with Crippen molar-refractivity contribution in [2.45, 2.75) is 19.8 Å². The Morgan fingerprint density at radius 3 is 3.12 bits per heavy atom. The van der Waals surface area contributed by atoms with Crippen LogP contribution in [0, 0.1) is 0 Å². The number of carbonyl (C=O) groups is 1. The maximum absolute atomic E-state index is 12.3. The Bertz CT molecular complexity index is 1020. The van der Waals surface area contributed by atoms with E-state index in [9.17, 15) is 4.79 Å². The molecule has 0 saturated carbocycles. The van der Waals surface area contributed by atoms with Crippen LogP contribution in [0.25, 0.3) is 5.65 Å². The number of imidazole rings is 1. The number of hydrogen-bond donors (Lipinski definition) is 2. The van der Waals surface area contributed by atoms with Gasteiger partial charge in [0, 0.05) is 23.6 Å². The fraction of sp³-hybridized carbons (Fsp3) is 0.222. The largest absolute Gasteiger partial charge is 0.461 e. The first-order valence-corrected chi connectivity index (χ1v) is 8.31. The van der Waals surface area contributed by atoms with Gasteiger partial charge in [-0.15, -0.1) is 0 Å². The van der Waals surface area contributed by atoms with Crippen LogP contribution in [0.2, 0.25) is 0 Å². The standard InChI is InChI=1S/C18H17N5O3/c1-2-26-18(24)16-17(23-8-7-19-10-15(23)21-16)20-12-4-5-13-11(9-12)3-6-14(13)22-25/h4-5,7-10,20,25H,2-3,6H2,1H3/b22-14+. The summed E-state index contributed by atoms with van der Waals surface area (Å²) in [7, 11) is 0. The molecule has 8 nitrogen and oxygen atoms in total. The molecule has 0 saturated heterocycles. The fourth-order valence-corrected chi connectivity index (χ4v) is 3.16. The van der Waals surface area contributed by atoms with Gasteiger partial charge in [-0.2, -0.15) is 0 Å². The van der Waals surface area contributed by atoms with Crippen molar-refractivity contribution < 1.29 is 14.7 Å². The summed E-state index contributed by atoms with van der Waals surface area (Å²) in [5, 5.41) is 15.7. The second-order valence-corrected chi connectivity index (χ2v) is 5.88. The van der Waals surface area contributed by atoms with Crippen molar-refractivity contribution in [3.8, 4) is 0 Å². The first-order chi connectivity index (χ1) is 12.7. The van der Waals surface area contributed by atoms with Crippen LogP contribution >= 0.6 is 0 Å². The van der Waals surface area contributed by atoms with Crippen LogP contribution in [0.4, 0.5) is 11.5 Å². The zero-order chi connectivity index (χ0) is 18.1. The predicted molar refractivity (Wildman–Crippen MR) is 95.3 cm³/mol. The molecule has 4 rings (SSSR count). The van der Waals surface area contributed by atoms with Gasteiger partial charge in [-0.05, 0) is 37.5 Å². The third kappa shape index (κ3) is 2.65. The van der Waals surface area contributed by atoms with E-state index in [1.807, 2.05) is 18.2 Å². The van der Waals surface area contributed by atoms with Gasteiger partial charge >= 0.3 is 5.97 Å². The van der Waals surface area contributed by atoms with E-state index in [0.717, 1.165) is 23.2 Å². The number of carbonyl (C=O) groups excluding carboxylic acids is 1. The molecule has 0 bridgehead atoms. The molecule has 132 valence electrons. The third-order valence-corrected chi connectivity index (χ3v) is 4.33. The molecule has 1 aliphatic rings. The number of benzene rings is 1. The second-order valence-electron chi connectivity index (χ2n) is 5.88. The molecule has 2 heterocycles. The summed E-state index contributed by atoms with van der Waals surface area (Å²) in [6, 6.07) is 5.78. The first kappa shape index (κ1) is 16.1. The number of fused-ring (bicyclic) bond motifs is 2. The van der Waals surface area contributed by atoms with Crippen molar-refractivity contribution in [3.63, 3.8) is 0 Å². The quantitative estimate of drug-likeness (QED) is 0.426. The molecule has 0 atom stereocenters. The van der Waals surface area contributed by atoms with Crippen LogP contribution in [0.3, 0.4) is 0 Å². The van der Waals surface area contributed by atoms with E-state index >= 15 is 0 Å². The van der Waals surface area contributed by atoms with Crippen LogP contribution in [-0.2, 0) is 11.2 Å². The Balaban J connectivity index is 1.75. The molecule has 2 N–H and O–H groups in total. The van der Waals surface area contributed by atoms with Gasteiger partial charge in [0.15, 0.2) is 11.3 Å². The maximum atomic E-state index is 12.3. The highest BCUT2D eigenvalue weighted by Gasteiger charge is 2.22. The molecule has 3 aromatic rings. The molecule has 0 aliphatic heterocycles. The lowest BCUT2D eigenvalue weighted by Crippen LogP contribution is -2.08. The average molecular weight is 351 g/mol. The van der Waals surface area contributed by atoms with Gasteiger partial charge in [-0.25, -0.2) is 9.78 Å². The molecule has 8 heteroatoms. The Labute approximate surface area is 149 Å². The molecule has 0 fully saturated rings. The van der Waals surface area contributed by atoms with Gasteiger partial charge in [-0.3, -0.25) is 9.38 Å². The van der Waals surface area contributed by atoms with Crippen molar-refractivity contribution in [1.29, 1.82) is 0 Å². The lowest BCUT2D eigenvalue weighted by Gasteiger charge is -2.10. The molecule has 2 aromatic heterocycles. The number of nitrogens with zero attached hydrogens (tertiary/aromatic N) is 4. The van der Waals surface area contributed by atoms with Crippen molar-refractivity contribution >= 4 is 28.8 Å². The van der Waals surface area contributed by atoms with Crippen LogP contribution < -0.4 is 5.32 Å². The van der Waals surface area contributed by atoms with Crippen LogP contribution in [0.1, 0.15) is 35.0 Å². The molecule has 26 heavy (non-hydrogen) atoms. The van der Waals surface area contributed by atoms with E-state index in [1.165, 1.54) is 0 Å². The number of aryl methyl sites for hydroxylation is 1. The zero-order valence-electron chi connectivity index (χ0n) is 14.1. The van der Waals surface area contributed by atoms with E-state index in [4.69, 9.17) is 9.94 Å². The minimum absolute atomic E-state index is 0.206.